The average Bonchev–Trinajstić information content (AvgIpc) is 2.31. The Balaban J connectivity index is 2.35. The van der Waals surface area contributed by atoms with Gasteiger partial charge in [0, 0.05) is 6.42 Å². The van der Waals surface area contributed by atoms with E-state index in [1.165, 1.54) is 19.3 Å². The molecule has 0 aromatic heterocycles. The summed E-state index contributed by atoms with van der Waals surface area (Å²) in [4.78, 5) is 10.1. The van der Waals surface area contributed by atoms with Gasteiger partial charge in [0.15, 0.2) is 0 Å². The molecule has 0 atom stereocenters. The molecular formula is C11H18O. The molecule has 1 fully saturated rings. The van der Waals surface area contributed by atoms with Gasteiger partial charge < -0.3 is 4.79 Å². The minimum atomic E-state index is 0.507. The molecule has 1 heteroatoms. The first-order valence-corrected chi connectivity index (χ1v) is 4.76. The Hall–Kier alpha value is -0.590. The van der Waals surface area contributed by atoms with Gasteiger partial charge in [-0.15, -0.1) is 0 Å². The summed E-state index contributed by atoms with van der Waals surface area (Å²) < 4.78 is 0. The fourth-order valence-electron chi connectivity index (χ4n) is 1.82. The Morgan fingerprint density at radius 1 is 1.42 bits per heavy atom. The van der Waals surface area contributed by atoms with Crippen molar-refractivity contribution in [1.82, 2.24) is 0 Å². The van der Waals surface area contributed by atoms with E-state index in [1.54, 1.807) is 5.57 Å². The number of carbonyl (C=O) groups is 1. The van der Waals surface area contributed by atoms with E-state index < -0.39 is 0 Å². The van der Waals surface area contributed by atoms with Crippen molar-refractivity contribution in [3.8, 4) is 0 Å². The van der Waals surface area contributed by atoms with Crippen LogP contribution >= 0.6 is 0 Å². The zero-order valence-corrected chi connectivity index (χ0v) is 8.10. The van der Waals surface area contributed by atoms with Crippen LogP contribution < -0.4 is 0 Å². The maximum absolute atomic E-state index is 10.1. The van der Waals surface area contributed by atoms with Crippen LogP contribution in [0.5, 0.6) is 0 Å². The predicted octanol–water partition coefficient (Wildman–Crippen LogP) is 3.10. The first-order valence-electron chi connectivity index (χ1n) is 4.76. The molecule has 0 aromatic rings. The van der Waals surface area contributed by atoms with Crippen molar-refractivity contribution in [1.29, 1.82) is 0 Å². The number of hydrogen-bond acceptors (Lipinski definition) is 1. The fraction of sp³-hybridized carbons (Fsp3) is 0.727. The SMILES string of the molecule is CC1(C)CCC(=CCCC=O)C1. The molecule has 0 saturated heterocycles. The third-order valence-electron chi connectivity index (χ3n) is 2.55. The summed E-state index contributed by atoms with van der Waals surface area (Å²) >= 11 is 0. The van der Waals surface area contributed by atoms with E-state index in [9.17, 15) is 4.79 Å². The lowest BCUT2D eigenvalue weighted by Gasteiger charge is -2.14. The van der Waals surface area contributed by atoms with Crippen LogP contribution in [0.25, 0.3) is 0 Å². The molecule has 0 aliphatic heterocycles. The van der Waals surface area contributed by atoms with Gasteiger partial charge in [0.25, 0.3) is 0 Å². The summed E-state index contributed by atoms with van der Waals surface area (Å²) in [5.41, 5.74) is 2.06. The molecule has 0 spiro atoms. The van der Waals surface area contributed by atoms with E-state index in [-0.39, 0.29) is 0 Å². The van der Waals surface area contributed by atoms with Crippen molar-refractivity contribution >= 4 is 6.29 Å². The second kappa shape index (κ2) is 3.88. The Labute approximate surface area is 74.9 Å². The van der Waals surface area contributed by atoms with E-state index in [0.29, 0.717) is 11.8 Å². The van der Waals surface area contributed by atoms with Crippen molar-refractivity contribution in [3.63, 3.8) is 0 Å². The maximum Gasteiger partial charge on any atom is 0.120 e. The Bertz CT molecular complexity index is 189. The third-order valence-corrected chi connectivity index (χ3v) is 2.55. The summed E-state index contributed by atoms with van der Waals surface area (Å²) in [5.74, 6) is 0. The van der Waals surface area contributed by atoms with Crippen LogP contribution in [-0.4, -0.2) is 6.29 Å². The van der Waals surface area contributed by atoms with Gasteiger partial charge in [-0.05, 0) is 31.1 Å². The third kappa shape index (κ3) is 2.80. The molecule has 0 bridgehead atoms. The molecular weight excluding hydrogens is 148 g/mol. The van der Waals surface area contributed by atoms with E-state index in [1.807, 2.05) is 0 Å². The van der Waals surface area contributed by atoms with Crippen LogP contribution in [0, 0.1) is 5.41 Å². The van der Waals surface area contributed by atoms with Gasteiger partial charge >= 0.3 is 0 Å². The first-order chi connectivity index (χ1) is 5.64. The molecule has 0 aromatic carbocycles. The number of hydrogen-bond donors (Lipinski definition) is 0. The quantitative estimate of drug-likeness (QED) is 0.357. The maximum atomic E-state index is 10.1. The predicted molar refractivity (Wildman–Crippen MR) is 51.0 cm³/mol. The van der Waals surface area contributed by atoms with Crippen molar-refractivity contribution < 1.29 is 4.79 Å². The number of carbonyl (C=O) groups excluding carboxylic acids is 1. The molecule has 0 unspecified atom stereocenters. The largest absolute Gasteiger partial charge is 0.303 e. The van der Waals surface area contributed by atoms with Gasteiger partial charge in [-0.1, -0.05) is 25.5 Å². The van der Waals surface area contributed by atoms with E-state index in [4.69, 9.17) is 0 Å². The zero-order valence-electron chi connectivity index (χ0n) is 8.10. The minimum Gasteiger partial charge on any atom is -0.303 e. The van der Waals surface area contributed by atoms with Gasteiger partial charge in [0.05, 0.1) is 0 Å². The number of allylic oxidation sites excluding steroid dienone is 2. The second-order valence-electron chi connectivity index (χ2n) is 4.45. The summed E-state index contributed by atoms with van der Waals surface area (Å²) in [6, 6.07) is 0. The van der Waals surface area contributed by atoms with Gasteiger partial charge in [0.1, 0.15) is 6.29 Å². The molecule has 1 rings (SSSR count). The highest BCUT2D eigenvalue weighted by Gasteiger charge is 2.25. The standard InChI is InChI=1S/C11H18O/c1-11(2)7-6-10(9-11)5-3-4-8-12/h5,8H,3-4,6-7,9H2,1-2H3. The molecule has 12 heavy (non-hydrogen) atoms. The van der Waals surface area contributed by atoms with Crippen molar-refractivity contribution in [2.75, 3.05) is 0 Å². The van der Waals surface area contributed by atoms with Crippen LogP contribution in [0.3, 0.4) is 0 Å². The summed E-state index contributed by atoms with van der Waals surface area (Å²) in [5, 5.41) is 0. The van der Waals surface area contributed by atoms with Gasteiger partial charge in [0.2, 0.25) is 0 Å². The van der Waals surface area contributed by atoms with Gasteiger partial charge in [-0.25, -0.2) is 0 Å². The van der Waals surface area contributed by atoms with Crippen molar-refractivity contribution in [2.24, 2.45) is 5.41 Å². The molecule has 1 aliphatic rings. The van der Waals surface area contributed by atoms with Crippen LogP contribution in [0.4, 0.5) is 0 Å². The number of rotatable bonds is 3. The molecule has 0 amide bonds. The first kappa shape index (κ1) is 9.50. The van der Waals surface area contributed by atoms with Crippen LogP contribution in [-0.2, 0) is 4.79 Å². The van der Waals surface area contributed by atoms with Gasteiger partial charge in [-0.3, -0.25) is 0 Å². The van der Waals surface area contributed by atoms with Crippen molar-refractivity contribution in [3.05, 3.63) is 11.6 Å². The Morgan fingerprint density at radius 2 is 2.17 bits per heavy atom. The molecule has 0 N–H and O–H groups in total. The van der Waals surface area contributed by atoms with Crippen LogP contribution in [0.2, 0.25) is 0 Å². The molecule has 1 nitrogen and oxygen atoms in total. The number of unbranched alkanes of at least 4 members (excludes halogenated alkanes) is 1. The minimum absolute atomic E-state index is 0.507. The van der Waals surface area contributed by atoms with E-state index >= 15 is 0 Å². The summed E-state index contributed by atoms with van der Waals surface area (Å²) in [6.45, 7) is 4.63. The number of aldehydes is 1. The zero-order chi connectivity index (χ0) is 9.03. The monoisotopic (exact) mass is 166 g/mol. The van der Waals surface area contributed by atoms with E-state index in [2.05, 4.69) is 19.9 Å². The Kier molecular flexibility index (Phi) is 3.07. The second-order valence-corrected chi connectivity index (χ2v) is 4.45. The van der Waals surface area contributed by atoms with E-state index in [0.717, 1.165) is 12.7 Å². The molecule has 68 valence electrons. The van der Waals surface area contributed by atoms with Gasteiger partial charge in [-0.2, -0.15) is 0 Å². The summed E-state index contributed by atoms with van der Waals surface area (Å²) in [7, 11) is 0. The lowest BCUT2D eigenvalue weighted by molar-refractivity contribution is -0.107. The highest BCUT2D eigenvalue weighted by molar-refractivity contribution is 5.49. The lowest BCUT2D eigenvalue weighted by Crippen LogP contribution is -2.02. The van der Waals surface area contributed by atoms with Crippen molar-refractivity contribution in [2.45, 2.75) is 46.0 Å². The molecule has 1 aliphatic carbocycles. The fourth-order valence-corrected chi connectivity index (χ4v) is 1.82. The smallest absolute Gasteiger partial charge is 0.120 e. The normalized spacial score (nSPS) is 24.7. The summed E-state index contributed by atoms with van der Waals surface area (Å²) in [6.07, 6.45) is 8.65. The van der Waals surface area contributed by atoms with Crippen LogP contribution in [0.1, 0.15) is 46.0 Å². The highest BCUT2D eigenvalue weighted by Crippen LogP contribution is 2.40. The topological polar surface area (TPSA) is 17.1 Å². The van der Waals surface area contributed by atoms with Crippen LogP contribution in [0.15, 0.2) is 11.6 Å². The highest BCUT2D eigenvalue weighted by atomic mass is 16.1. The molecule has 0 radical (unpaired) electrons. The average molecular weight is 166 g/mol. The molecule has 1 saturated carbocycles. The molecule has 0 heterocycles. The lowest BCUT2D eigenvalue weighted by atomic mass is 9.91. The Morgan fingerprint density at radius 3 is 2.67 bits per heavy atom.